The predicted molar refractivity (Wildman–Crippen MR) is 588 cm³/mol. The highest BCUT2D eigenvalue weighted by molar-refractivity contribution is 9.09. The van der Waals surface area contributed by atoms with Gasteiger partial charge in [-0.2, -0.15) is 0 Å². The first-order chi connectivity index (χ1) is 71.3. The second-order valence-electron chi connectivity index (χ2n) is 41.7. The average Bonchev–Trinajstić information content (AvgIpc) is 1.65. The van der Waals surface area contributed by atoms with Gasteiger partial charge in [0.25, 0.3) is 0 Å². The highest BCUT2D eigenvalue weighted by atomic mass is 79.9. The van der Waals surface area contributed by atoms with Crippen LogP contribution < -0.4 is 0 Å². The van der Waals surface area contributed by atoms with Crippen molar-refractivity contribution >= 4 is 121 Å². The first kappa shape index (κ1) is 121. The lowest BCUT2D eigenvalue weighted by molar-refractivity contribution is -0.142. The number of methoxy groups -OCH3 is 2. The third-order valence-electron chi connectivity index (χ3n) is 31.2. The molecule has 7 aliphatic rings. The molecule has 0 bridgehead atoms. The topological polar surface area (TPSA) is 342 Å². The number of benzene rings is 6. The molecular formula is C122H159BrCl3NO20S. The summed E-state index contributed by atoms with van der Waals surface area (Å²) in [5, 5.41) is 57.8. The molecule has 14 rings (SSSR count). The summed E-state index contributed by atoms with van der Waals surface area (Å²) in [6, 6.07) is 39.2. The minimum Gasteiger partial charge on any atom is -0.481 e. The van der Waals surface area contributed by atoms with Crippen LogP contribution in [0, 0.1) is 73.0 Å². The lowest BCUT2D eigenvalue weighted by Crippen LogP contribution is -2.20. The van der Waals surface area contributed by atoms with Crippen molar-refractivity contribution < 1.29 is 97.5 Å². The number of hydrogen-bond acceptors (Lipinski definition) is 19. The molecule has 6 N–H and O–H groups in total. The summed E-state index contributed by atoms with van der Waals surface area (Å²) in [5.41, 5.74) is 18.6. The van der Waals surface area contributed by atoms with E-state index in [2.05, 4.69) is 121 Å². The zero-order chi connectivity index (χ0) is 107. The smallest absolute Gasteiger partial charge is 0.349 e. The third kappa shape index (κ3) is 39.7. The number of alkyl halides is 3. The molecule has 15 atom stereocenters. The van der Waals surface area contributed by atoms with Gasteiger partial charge < -0.3 is 49.6 Å². The number of thiazole rings is 1. The summed E-state index contributed by atoms with van der Waals surface area (Å²) < 4.78 is 20.3. The van der Waals surface area contributed by atoms with E-state index in [1.54, 1.807) is 12.3 Å². The van der Waals surface area contributed by atoms with Crippen LogP contribution in [-0.4, -0.2) is 144 Å². The van der Waals surface area contributed by atoms with Gasteiger partial charge in [0.15, 0.2) is 11.6 Å². The molecule has 1 aromatic heterocycles. The molecule has 148 heavy (non-hydrogen) atoms. The number of aromatic nitrogens is 1. The van der Waals surface area contributed by atoms with Gasteiger partial charge in [-0.1, -0.05) is 188 Å². The molecule has 0 saturated heterocycles. The SMILES string of the molecule is CC(=O)OCc1cc(Cl)cc(CC[C@H]2C(Cl)C(Br)C[C@@H]2C/C=C\CCCC(=O)O)c1.CCCCC(O)c1cccc(CC[C@H]2C(Cl)CC[C@@H]2CCCc2ncc(C(=O)OC)s2)c1.COC(=O)CCc1cccc(C[C@H]2CCC(=O)[C@@H]2CCc2cc(C)c(CCO)c(C)c2)c1.O=C(O)CCCCCC[C@H]1C=CC(=O)[C@@H]1CCc1cccc2c1CCC2=O.O=C(O)CCCCOC[C@H]1CCC(=O)[C@@H]1CCc1cccc2c1CCC2O. The molecule has 4 fully saturated rings. The van der Waals surface area contributed by atoms with Crippen LogP contribution in [0.25, 0.3) is 0 Å². The molecule has 1 heterocycles. The molecule has 7 aromatic rings. The molecule has 7 aliphatic carbocycles. The quantitative estimate of drug-likeness (QED) is 0.00678. The van der Waals surface area contributed by atoms with Gasteiger partial charge in [0.1, 0.15) is 23.1 Å². The van der Waals surface area contributed by atoms with E-state index in [0.29, 0.717) is 126 Å². The molecule has 6 aromatic carbocycles. The average molecular weight is 2180 g/mol. The minimum absolute atomic E-state index is 0.0528. The van der Waals surface area contributed by atoms with Gasteiger partial charge in [-0.25, -0.2) is 9.78 Å². The Balaban J connectivity index is 0.000000190. The number of fused-ring (bicyclic) bond motifs is 2. The molecule has 21 nitrogen and oxygen atoms in total. The van der Waals surface area contributed by atoms with Crippen molar-refractivity contribution in [2.75, 3.05) is 34.0 Å². The number of aliphatic hydroxyl groups is 3. The Kier molecular flexibility index (Phi) is 52.5. The summed E-state index contributed by atoms with van der Waals surface area (Å²) in [6.07, 6.45) is 45.7. The Morgan fingerprint density at radius 3 is 1.91 bits per heavy atom. The number of carboxylic acids is 3. The van der Waals surface area contributed by atoms with Crippen LogP contribution in [0.5, 0.6) is 0 Å². The van der Waals surface area contributed by atoms with Crippen LogP contribution >= 0.6 is 62.1 Å². The molecule has 5 unspecified atom stereocenters. The second kappa shape index (κ2) is 64.2. The van der Waals surface area contributed by atoms with E-state index in [-0.39, 0.29) is 109 Å². The van der Waals surface area contributed by atoms with Crippen molar-refractivity contribution in [1.29, 1.82) is 0 Å². The first-order valence-electron chi connectivity index (χ1n) is 54.4. The molecule has 806 valence electrons. The number of Topliss-reactive ketones (excluding diaryl/α,β-unsaturated/α-hetero) is 3. The first-order valence-corrected chi connectivity index (χ1v) is 57.4. The number of ketones is 4. The Labute approximate surface area is 904 Å². The maximum Gasteiger partial charge on any atom is 0.349 e. The van der Waals surface area contributed by atoms with Gasteiger partial charge in [0.2, 0.25) is 0 Å². The molecule has 26 heteroatoms. The van der Waals surface area contributed by atoms with Crippen molar-refractivity contribution in [3.63, 3.8) is 0 Å². The Morgan fingerprint density at radius 1 is 0.568 bits per heavy atom. The number of ether oxygens (including phenoxy) is 4. The third-order valence-corrected chi connectivity index (χ3v) is 34.9. The van der Waals surface area contributed by atoms with E-state index in [0.717, 1.165) is 244 Å². The van der Waals surface area contributed by atoms with Crippen molar-refractivity contribution in [1.82, 2.24) is 4.98 Å². The van der Waals surface area contributed by atoms with Crippen molar-refractivity contribution in [3.05, 3.63) is 250 Å². The number of aliphatic carboxylic acids is 3. The second-order valence-corrected chi connectivity index (χ2v) is 45.5. The fourth-order valence-electron chi connectivity index (χ4n) is 23.1. The summed E-state index contributed by atoms with van der Waals surface area (Å²) in [5.74, 6) is 1.43. The van der Waals surface area contributed by atoms with Gasteiger partial charge in [-0.05, 0) is 362 Å². The van der Waals surface area contributed by atoms with Gasteiger partial charge in [0, 0.05) is 109 Å². The number of rotatable bonds is 53. The standard InChI is InChI=1S/C28H36O4.C26H36ClNO3S.C23H29BrCl2O4.C23H28O4.C22H30O5/c1-19-15-23(16-20(2)25(19)13-14-29)7-10-26-24(9-11-27(26)30)18-22-6-4-5-21(17-22)8-12-28(31)32-3;1-3-4-10-23(29)20-9-5-7-18(16-20)12-14-21-19(13-15-22(21)27)8-6-11-25-28-17-24(32-25)26(30)31-2;1-15(27)30-14-17-10-16(11-19(25)12-17)8-9-20-18(13-21(24)23(20)26)6-4-2-3-5-7-22(28)29;24-21-14-11-17(6-3-1-2-4-9-23(26)27)19(21)12-10-16-7-5-8-20-18(16)13-15-22(20)25;23-20-11-8-16(14-27-13-2-1-6-22(25)26)18(20)9-7-15-4-3-5-19-17(15)10-12-21(19)24/h4-6,15-17,24,26,29H,7-14,18H2,1-3H3;5,7,9,16-17,19,21-23,29H,3-4,6,8,10-15H2,1-2H3;2,4,10-12,18,20-21,23H,3,5-9,13-14H2,1H3,(H,28,29);5,7-8,11,14,17,19H,1-4,6,9-10,12-13,15H2,(H,26,27);3-5,16,18,21,24H,1-2,6-14H2,(H,25,26)/b;;4-2-;;/t24-,26-;19-,21+,22?,23?;18-,20+,21?,23?;17-,19+;16-,18-,21?/m10001/s1. The molecule has 4 saturated carbocycles. The van der Waals surface area contributed by atoms with Crippen LogP contribution in [0.4, 0.5) is 0 Å². The van der Waals surface area contributed by atoms with Crippen LogP contribution in [0.15, 0.2) is 146 Å². The van der Waals surface area contributed by atoms with Gasteiger partial charge in [0.05, 0.1) is 44.2 Å². The van der Waals surface area contributed by atoms with Gasteiger partial charge >= 0.3 is 35.8 Å². The van der Waals surface area contributed by atoms with E-state index in [4.69, 9.17) is 69.1 Å². The van der Waals surface area contributed by atoms with Crippen molar-refractivity contribution in [3.8, 4) is 0 Å². The lowest BCUT2D eigenvalue weighted by Gasteiger charge is -2.22. The van der Waals surface area contributed by atoms with E-state index in [1.165, 1.54) is 94.5 Å². The number of nitrogens with zero attached hydrogens (tertiary/aromatic N) is 1. The highest BCUT2D eigenvalue weighted by Crippen LogP contribution is 2.47. The number of allylic oxidation sites excluding steroid dienone is 4. The Bertz CT molecular complexity index is 5490. The maximum absolute atomic E-state index is 12.7. The predicted octanol–water partition coefficient (Wildman–Crippen LogP) is 26.0. The summed E-state index contributed by atoms with van der Waals surface area (Å²) in [7, 11) is 2.82. The van der Waals surface area contributed by atoms with Gasteiger partial charge in [-0.3, -0.25) is 43.2 Å². The van der Waals surface area contributed by atoms with Crippen LogP contribution in [0.1, 0.15) is 346 Å². The molecular weight excluding hydrogens is 2020 g/mol. The number of carboxylic acid groups (broad SMARTS) is 3. The fourth-order valence-corrected chi connectivity index (χ4v) is 26.0. The number of aryl methyl sites for hydroxylation is 9. The molecule has 0 radical (unpaired) electrons. The van der Waals surface area contributed by atoms with Gasteiger partial charge in [-0.15, -0.1) is 34.5 Å². The Hall–Kier alpha value is -8.88. The highest BCUT2D eigenvalue weighted by Gasteiger charge is 2.42. The van der Waals surface area contributed by atoms with E-state index in [9.17, 15) is 63.3 Å². The largest absolute Gasteiger partial charge is 0.481 e. The number of hydrogen-bond donors (Lipinski definition) is 6. The van der Waals surface area contributed by atoms with E-state index >= 15 is 0 Å². The fraction of sp³-hybridized carbons (Fsp3) is 0.566. The normalized spacial score (nSPS) is 21.7. The number of carbonyl (C=O) groups is 10. The van der Waals surface area contributed by atoms with Crippen LogP contribution in [0.2, 0.25) is 5.02 Å². The number of unbranched alkanes of at least 4 members (excludes halogenated alkanes) is 6. The number of carbonyl (C=O) groups excluding carboxylic acids is 7. The molecule has 0 amide bonds. The van der Waals surface area contributed by atoms with Crippen molar-refractivity contribution in [2.45, 2.75) is 345 Å². The monoisotopic (exact) mass is 2170 g/mol. The number of aliphatic hydroxyl groups excluding tert-OH is 3. The van der Waals surface area contributed by atoms with Crippen LogP contribution in [0.3, 0.4) is 0 Å². The number of halogens is 4. The zero-order valence-corrected chi connectivity index (χ0v) is 92.4. The molecule has 0 spiro atoms. The van der Waals surface area contributed by atoms with Crippen LogP contribution in [-0.2, 0) is 135 Å². The minimum atomic E-state index is -0.767. The molecule has 0 aliphatic heterocycles. The zero-order valence-electron chi connectivity index (χ0n) is 87.7. The summed E-state index contributed by atoms with van der Waals surface area (Å²) >= 11 is 24.9. The Morgan fingerprint density at radius 2 is 1.20 bits per heavy atom. The lowest BCUT2D eigenvalue weighted by atomic mass is 9.84. The summed E-state index contributed by atoms with van der Waals surface area (Å²) in [4.78, 5) is 120. The van der Waals surface area contributed by atoms with E-state index < -0.39 is 17.9 Å². The maximum atomic E-state index is 12.7. The summed E-state index contributed by atoms with van der Waals surface area (Å²) in [6.45, 7) is 9.32. The van der Waals surface area contributed by atoms with E-state index in [1.807, 2.05) is 54.6 Å². The number of esters is 3. The van der Waals surface area contributed by atoms with Crippen molar-refractivity contribution in [2.24, 2.45) is 59.2 Å².